The Balaban J connectivity index is 0.00000169. The molecule has 0 aromatic heterocycles. The van der Waals surface area contributed by atoms with E-state index >= 15 is 0 Å². The van der Waals surface area contributed by atoms with Crippen molar-refractivity contribution in [3.8, 4) is 0 Å². The molecule has 0 aliphatic rings. The fourth-order valence-corrected chi connectivity index (χ4v) is 1.71. The smallest absolute Gasteiger partial charge is 0.0847 e. The molecule has 1 unspecified atom stereocenters. The molecule has 1 atom stereocenters. The lowest BCUT2D eigenvalue weighted by Gasteiger charge is -2.27. The fraction of sp³-hybridized carbons (Fsp3) is 0.500. The van der Waals surface area contributed by atoms with E-state index in [0.717, 1.165) is 4.48 Å². The Kier molecular flexibility index (Phi) is 5.67. The zero-order valence-electron chi connectivity index (χ0n) is 9.50. The number of quaternary nitrogens is 1. The van der Waals surface area contributed by atoms with Gasteiger partial charge in [-0.15, -0.1) is 0 Å². The SMILES string of the molecule is CC(C[N+](C)(C)C)c1ccccc1.[I-]. The first-order valence-corrected chi connectivity index (χ1v) is 4.84. The van der Waals surface area contributed by atoms with Gasteiger partial charge < -0.3 is 28.5 Å². The molecule has 0 aliphatic heterocycles. The van der Waals surface area contributed by atoms with E-state index in [-0.39, 0.29) is 24.0 Å². The lowest BCUT2D eigenvalue weighted by molar-refractivity contribution is -0.871. The first-order chi connectivity index (χ1) is 5.99. The third-order valence-corrected chi connectivity index (χ3v) is 2.19. The minimum atomic E-state index is 0. The first kappa shape index (κ1) is 13.9. The molecule has 0 saturated heterocycles. The molecule has 80 valence electrons. The second-order valence-electron chi connectivity index (χ2n) is 4.78. The van der Waals surface area contributed by atoms with E-state index in [9.17, 15) is 0 Å². The maximum atomic E-state index is 2.29. The van der Waals surface area contributed by atoms with E-state index in [4.69, 9.17) is 0 Å². The van der Waals surface area contributed by atoms with E-state index in [2.05, 4.69) is 58.4 Å². The quantitative estimate of drug-likeness (QED) is 0.522. The summed E-state index contributed by atoms with van der Waals surface area (Å²) in [6, 6.07) is 10.7. The van der Waals surface area contributed by atoms with Gasteiger partial charge in [0.15, 0.2) is 0 Å². The van der Waals surface area contributed by atoms with Crippen LogP contribution in [-0.2, 0) is 0 Å². The van der Waals surface area contributed by atoms with Crippen molar-refractivity contribution in [1.29, 1.82) is 0 Å². The average Bonchev–Trinajstić information content (AvgIpc) is 2.03. The maximum absolute atomic E-state index is 2.29. The highest BCUT2D eigenvalue weighted by atomic mass is 127. The number of hydrogen-bond acceptors (Lipinski definition) is 0. The number of likely N-dealkylation sites (N-methyl/N-ethyl adjacent to an activating group) is 1. The van der Waals surface area contributed by atoms with Gasteiger partial charge in [0.1, 0.15) is 0 Å². The Morgan fingerprint density at radius 1 is 1.07 bits per heavy atom. The minimum Gasteiger partial charge on any atom is -1.00 e. The molecule has 0 bridgehead atoms. The molecule has 0 heterocycles. The highest BCUT2D eigenvalue weighted by molar-refractivity contribution is 5.18. The van der Waals surface area contributed by atoms with Crippen molar-refractivity contribution in [2.75, 3.05) is 27.7 Å². The zero-order chi connectivity index (χ0) is 9.90. The molecule has 0 amide bonds. The summed E-state index contributed by atoms with van der Waals surface area (Å²) in [5.41, 5.74) is 1.44. The number of rotatable bonds is 3. The molecular weight excluding hydrogens is 285 g/mol. The van der Waals surface area contributed by atoms with Crippen LogP contribution in [0.2, 0.25) is 0 Å². The predicted octanol–water partition coefficient (Wildman–Crippen LogP) is -0.500. The first-order valence-electron chi connectivity index (χ1n) is 4.84. The van der Waals surface area contributed by atoms with Gasteiger partial charge in [0.2, 0.25) is 0 Å². The van der Waals surface area contributed by atoms with E-state index in [1.165, 1.54) is 12.1 Å². The van der Waals surface area contributed by atoms with Gasteiger partial charge in [0.05, 0.1) is 27.7 Å². The third kappa shape index (κ3) is 4.96. The largest absolute Gasteiger partial charge is 1.00 e. The minimum absolute atomic E-state index is 0. The molecule has 1 aromatic rings. The van der Waals surface area contributed by atoms with Gasteiger partial charge in [-0.05, 0) is 5.56 Å². The van der Waals surface area contributed by atoms with Crippen LogP contribution >= 0.6 is 0 Å². The topological polar surface area (TPSA) is 0 Å². The molecule has 1 nitrogen and oxygen atoms in total. The van der Waals surface area contributed by atoms with Crippen LogP contribution in [-0.4, -0.2) is 32.2 Å². The number of halogens is 1. The Morgan fingerprint density at radius 2 is 1.57 bits per heavy atom. The van der Waals surface area contributed by atoms with Gasteiger partial charge in [-0.1, -0.05) is 37.3 Å². The summed E-state index contributed by atoms with van der Waals surface area (Å²) < 4.78 is 1.02. The Morgan fingerprint density at radius 3 is 2.00 bits per heavy atom. The van der Waals surface area contributed by atoms with Crippen LogP contribution in [0.15, 0.2) is 30.3 Å². The van der Waals surface area contributed by atoms with Gasteiger partial charge >= 0.3 is 0 Å². The lowest BCUT2D eigenvalue weighted by atomic mass is 10.0. The predicted molar refractivity (Wildman–Crippen MR) is 57.8 cm³/mol. The summed E-state index contributed by atoms with van der Waals surface area (Å²) in [5.74, 6) is 0.640. The second-order valence-corrected chi connectivity index (χ2v) is 4.78. The molecule has 1 rings (SSSR count). The molecular formula is C12H20IN. The molecule has 0 fully saturated rings. The van der Waals surface area contributed by atoms with Crippen LogP contribution in [0.1, 0.15) is 18.4 Å². The van der Waals surface area contributed by atoms with E-state index < -0.39 is 0 Å². The monoisotopic (exact) mass is 305 g/mol. The van der Waals surface area contributed by atoms with Crippen molar-refractivity contribution in [2.45, 2.75) is 12.8 Å². The molecule has 0 spiro atoms. The molecule has 0 saturated carbocycles. The van der Waals surface area contributed by atoms with Crippen molar-refractivity contribution in [3.63, 3.8) is 0 Å². The van der Waals surface area contributed by atoms with Gasteiger partial charge in [-0.3, -0.25) is 0 Å². The third-order valence-electron chi connectivity index (χ3n) is 2.19. The van der Waals surface area contributed by atoms with Crippen molar-refractivity contribution >= 4 is 0 Å². The highest BCUT2D eigenvalue weighted by Gasteiger charge is 2.14. The molecule has 0 N–H and O–H groups in total. The second kappa shape index (κ2) is 5.71. The maximum Gasteiger partial charge on any atom is 0.0847 e. The van der Waals surface area contributed by atoms with Crippen molar-refractivity contribution < 1.29 is 28.5 Å². The Labute approximate surface area is 105 Å². The lowest BCUT2D eigenvalue weighted by Crippen LogP contribution is -3.00. The molecule has 1 aromatic carbocycles. The summed E-state index contributed by atoms with van der Waals surface area (Å²) in [5, 5.41) is 0. The van der Waals surface area contributed by atoms with Crippen LogP contribution in [0.4, 0.5) is 0 Å². The van der Waals surface area contributed by atoms with Crippen LogP contribution in [0.5, 0.6) is 0 Å². The van der Waals surface area contributed by atoms with Gasteiger partial charge in [0.25, 0.3) is 0 Å². The van der Waals surface area contributed by atoms with Crippen molar-refractivity contribution in [3.05, 3.63) is 35.9 Å². The number of benzene rings is 1. The van der Waals surface area contributed by atoms with Crippen LogP contribution < -0.4 is 24.0 Å². The molecule has 14 heavy (non-hydrogen) atoms. The summed E-state index contributed by atoms with van der Waals surface area (Å²) in [6.07, 6.45) is 0. The van der Waals surface area contributed by atoms with E-state index in [1.54, 1.807) is 0 Å². The van der Waals surface area contributed by atoms with Crippen LogP contribution in [0.3, 0.4) is 0 Å². The van der Waals surface area contributed by atoms with Gasteiger partial charge in [-0.2, -0.15) is 0 Å². The van der Waals surface area contributed by atoms with Gasteiger partial charge in [0, 0.05) is 5.92 Å². The van der Waals surface area contributed by atoms with Gasteiger partial charge in [-0.25, -0.2) is 0 Å². The number of hydrogen-bond donors (Lipinski definition) is 0. The van der Waals surface area contributed by atoms with E-state index in [0.29, 0.717) is 5.92 Å². The Bertz CT molecular complexity index is 251. The number of nitrogens with zero attached hydrogens (tertiary/aromatic N) is 1. The molecule has 0 aliphatic carbocycles. The summed E-state index contributed by atoms with van der Waals surface area (Å²) in [6.45, 7) is 3.48. The zero-order valence-corrected chi connectivity index (χ0v) is 11.7. The van der Waals surface area contributed by atoms with E-state index in [1.807, 2.05) is 0 Å². The summed E-state index contributed by atoms with van der Waals surface area (Å²) in [7, 11) is 6.71. The fourth-order valence-electron chi connectivity index (χ4n) is 1.71. The normalized spacial score (nSPS) is 13.1. The summed E-state index contributed by atoms with van der Waals surface area (Å²) >= 11 is 0. The van der Waals surface area contributed by atoms with Crippen LogP contribution in [0.25, 0.3) is 0 Å². The van der Waals surface area contributed by atoms with Crippen molar-refractivity contribution in [2.24, 2.45) is 0 Å². The standard InChI is InChI=1S/C12H20N.HI/c1-11(10-13(2,3)4)12-8-6-5-7-9-12;/h5-9,11H,10H2,1-4H3;1H/q+1;/p-1. The molecule has 2 heteroatoms. The Hall–Kier alpha value is -0.0900. The molecule has 0 radical (unpaired) electrons. The van der Waals surface area contributed by atoms with Crippen LogP contribution in [0, 0.1) is 0 Å². The summed E-state index contributed by atoms with van der Waals surface area (Å²) in [4.78, 5) is 0. The average molecular weight is 305 g/mol. The van der Waals surface area contributed by atoms with Crippen molar-refractivity contribution in [1.82, 2.24) is 0 Å². The highest BCUT2D eigenvalue weighted by Crippen LogP contribution is 2.16.